The van der Waals surface area contributed by atoms with Gasteiger partial charge in [0.2, 0.25) is 0 Å². The lowest BCUT2D eigenvalue weighted by molar-refractivity contribution is 0.133. The molecular formula is C12H15BrN2O. The second kappa shape index (κ2) is 4.00. The number of pyridine rings is 1. The van der Waals surface area contributed by atoms with Crippen LogP contribution in [0.15, 0.2) is 22.9 Å². The molecule has 3 rings (SSSR count). The van der Waals surface area contributed by atoms with E-state index in [1.807, 2.05) is 6.20 Å². The summed E-state index contributed by atoms with van der Waals surface area (Å²) in [6, 6.07) is 2.10. The fourth-order valence-electron chi connectivity index (χ4n) is 3.02. The van der Waals surface area contributed by atoms with Crippen LogP contribution in [0, 0.1) is 11.8 Å². The zero-order valence-corrected chi connectivity index (χ0v) is 10.6. The highest BCUT2D eigenvalue weighted by atomic mass is 79.9. The van der Waals surface area contributed by atoms with Crippen LogP contribution in [0.3, 0.4) is 0 Å². The predicted octanol–water partition coefficient (Wildman–Crippen LogP) is 2.05. The molecule has 4 heteroatoms. The van der Waals surface area contributed by atoms with Gasteiger partial charge in [-0.1, -0.05) is 0 Å². The maximum atomic E-state index is 9.87. The van der Waals surface area contributed by atoms with Crippen LogP contribution in [-0.2, 0) is 0 Å². The Bertz CT molecular complexity index is 398. The average Bonchev–Trinajstić information content (AvgIpc) is 2.81. The number of anilines is 1. The molecule has 0 radical (unpaired) electrons. The van der Waals surface area contributed by atoms with Crippen LogP contribution < -0.4 is 4.90 Å². The van der Waals surface area contributed by atoms with Crippen molar-refractivity contribution in [3.05, 3.63) is 22.9 Å². The SMILES string of the molecule is OC1CCC2CN(c3cncc(Br)c3)CC12. The molecule has 1 aliphatic heterocycles. The standard InChI is InChI=1S/C12H15BrN2O/c13-9-3-10(5-14-4-9)15-6-8-1-2-12(16)11(8)7-15/h3-5,8,11-12,16H,1-2,6-7H2. The Morgan fingerprint density at radius 3 is 2.94 bits per heavy atom. The summed E-state index contributed by atoms with van der Waals surface area (Å²) in [5, 5.41) is 9.87. The minimum Gasteiger partial charge on any atom is -0.393 e. The van der Waals surface area contributed by atoms with Gasteiger partial charge in [0.25, 0.3) is 0 Å². The van der Waals surface area contributed by atoms with Gasteiger partial charge in [-0.25, -0.2) is 0 Å². The van der Waals surface area contributed by atoms with Crippen molar-refractivity contribution in [2.24, 2.45) is 11.8 Å². The number of aliphatic hydroxyl groups excluding tert-OH is 1. The van der Waals surface area contributed by atoms with Crippen LogP contribution in [0.4, 0.5) is 5.69 Å². The highest BCUT2D eigenvalue weighted by Crippen LogP contribution is 2.39. The lowest BCUT2D eigenvalue weighted by atomic mass is 10.00. The molecular weight excluding hydrogens is 268 g/mol. The molecule has 2 fully saturated rings. The van der Waals surface area contributed by atoms with Crippen LogP contribution in [0.25, 0.3) is 0 Å². The number of halogens is 1. The molecule has 3 nitrogen and oxygen atoms in total. The summed E-state index contributed by atoms with van der Waals surface area (Å²) in [6.45, 7) is 2.05. The molecule has 1 aliphatic carbocycles. The monoisotopic (exact) mass is 282 g/mol. The van der Waals surface area contributed by atoms with Crippen molar-refractivity contribution in [1.29, 1.82) is 0 Å². The quantitative estimate of drug-likeness (QED) is 0.857. The van der Waals surface area contributed by atoms with Crippen molar-refractivity contribution in [2.75, 3.05) is 18.0 Å². The third-order valence-corrected chi connectivity index (χ3v) is 4.31. The van der Waals surface area contributed by atoms with Crippen LogP contribution in [-0.4, -0.2) is 29.3 Å². The first-order chi connectivity index (χ1) is 7.74. The Hall–Kier alpha value is -0.610. The van der Waals surface area contributed by atoms with Crippen LogP contribution >= 0.6 is 15.9 Å². The molecule has 1 aromatic rings. The molecule has 1 aromatic heterocycles. The van der Waals surface area contributed by atoms with Crippen molar-refractivity contribution >= 4 is 21.6 Å². The van der Waals surface area contributed by atoms with Gasteiger partial charge in [0, 0.05) is 29.7 Å². The van der Waals surface area contributed by atoms with E-state index in [4.69, 9.17) is 0 Å². The Labute approximate surface area is 104 Å². The van der Waals surface area contributed by atoms with E-state index in [-0.39, 0.29) is 6.10 Å². The molecule has 0 amide bonds. The van der Waals surface area contributed by atoms with E-state index in [0.29, 0.717) is 11.8 Å². The van der Waals surface area contributed by atoms with Crippen molar-refractivity contribution in [3.63, 3.8) is 0 Å². The van der Waals surface area contributed by atoms with Gasteiger partial charge in [-0.3, -0.25) is 4.98 Å². The van der Waals surface area contributed by atoms with Crippen LogP contribution in [0.5, 0.6) is 0 Å². The van der Waals surface area contributed by atoms with Gasteiger partial charge in [-0.05, 0) is 40.8 Å². The van der Waals surface area contributed by atoms with E-state index in [0.717, 1.165) is 29.7 Å². The molecule has 0 spiro atoms. The zero-order chi connectivity index (χ0) is 11.1. The summed E-state index contributed by atoms with van der Waals surface area (Å²) >= 11 is 3.44. The number of rotatable bonds is 1. The van der Waals surface area contributed by atoms with E-state index >= 15 is 0 Å². The molecule has 0 aromatic carbocycles. The molecule has 2 heterocycles. The lowest BCUT2D eigenvalue weighted by Crippen LogP contribution is -2.24. The van der Waals surface area contributed by atoms with Gasteiger partial charge >= 0.3 is 0 Å². The highest BCUT2D eigenvalue weighted by molar-refractivity contribution is 9.10. The second-order valence-electron chi connectivity index (χ2n) is 4.83. The normalized spacial score (nSPS) is 33.1. The Morgan fingerprint density at radius 1 is 1.31 bits per heavy atom. The van der Waals surface area contributed by atoms with Crippen molar-refractivity contribution in [3.8, 4) is 0 Å². The van der Waals surface area contributed by atoms with Crippen molar-refractivity contribution < 1.29 is 5.11 Å². The summed E-state index contributed by atoms with van der Waals surface area (Å²) in [7, 11) is 0. The van der Waals surface area contributed by atoms with E-state index in [9.17, 15) is 5.11 Å². The minimum absolute atomic E-state index is 0.0879. The maximum absolute atomic E-state index is 9.87. The molecule has 3 unspecified atom stereocenters. The third-order valence-electron chi connectivity index (χ3n) is 3.87. The van der Waals surface area contributed by atoms with Gasteiger partial charge in [0.05, 0.1) is 18.0 Å². The molecule has 1 saturated carbocycles. The summed E-state index contributed by atoms with van der Waals surface area (Å²) in [6.07, 6.45) is 5.77. The molecule has 1 saturated heterocycles. The number of hydrogen-bond acceptors (Lipinski definition) is 3. The molecule has 2 aliphatic rings. The summed E-state index contributed by atoms with van der Waals surface area (Å²) < 4.78 is 1.02. The topological polar surface area (TPSA) is 36.4 Å². The summed E-state index contributed by atoms with van der Waals surface area (Å²) in [5.74, 6) is 1.15. The summed E-state index contributed by atoms with van der Waals surface area (Å²) in [4.78, 5) is 6.53. The minimum atomic E-state index is -0.0879. The Kier molecular flexibility index (Phi) is 2.64. The number of nitrogens with zero attached hydrogens (tertiary/aromatic N) is 2. The first-order valence-electron chi connectivity index (χ1n) is 5.77. The summed E-state index contributed by atoms with van der Waals surface area (Å²) in [5.41, 5.74) is 1.16. The Morgan fingerprint density at radius 2 is 2.19 bits per heavy atom. The van der Waals surface area contributed by atoms with Gasteiger partial charge in [-0.15, -0.1) is 0 Å². The first kappa shape index (κ1) is 10.5. The molecule has 86 valence electrons. The largest absolute Gasteiger partial charge is 0.393 e. The van der Waals surface area contributed by atoms with Crippen LogP contribution in [0.2, 0.25) is 0 Å². The van der Waals surface area contributed by atoms with Gasteiger partial charge in [0.1, 0.15) is 0 Å². The van der Waals surface area contributed by atoms with E-state index in [1.54, 1.807) is 6.20 Å². The predicted molar refractivity (Wildman–Crippen MR) is 66.4 cm³/mol. The van der Waals surface area contributed by atoms with E-state index in [1.165, 1.54) is 6.42 Å². The highest BCUT2D eigenvalue weighted by Gasteiger charge is 2.41. The average molecular weight is 283 g/mol. The Balaban J connectivity index is 1.79. The molecule has 16 heavy (non-hydrogen) atoms. The lowest BCUT2D eigenvalue weighted by Gasteiger charge is -2.20. The fraction of sp³-hybridized carbons (Fsp3) is 0.583. The van der Waals surface area contributed by atoms with Crippen molar-refractivity contribution in [2.45, 2.75) is 18.9 Å². The number of aromatic nitrogens is 1. The zero-order valence-electron chi connectivity index (χ0n) is 9.01. The molecule has 0 bridgehead atoms. The number of fused-ring (bicyclic) bond motifs is 1. The fourth-order valence-corrected chi connectivity index (χ4v) is 3.37. The maximum Gasteiger partial charge on any atom is 0.0588 e. The van der Waals surface area contributed by atoms with Crippen molar-refractivity contribution in [1.82, 2.24) is 4.98 Å². The second-order valence-corrected chi connectivity index (χ2v) is 5.75. The molecule has 1 N–H and O–H groups in total. The number of hydrogen-bond donors (Lipinski definition) is 1. The van der Waals surface area contributed by atoms with Crippen LogP contribution in [0.1, 0.15) is 12.8 Å². The number of aliphatic hydroxyl groups is 1. The van der Waals surface area contributed by atoms with E-state index in [2.05, 4.69) is 31.9 Å². The van der Waals surface area contributed by atoms with Gasteiger partial charge < -0.3 is 10.0 Å². The van der Waals surface area contributed by atoms with Gasteiger partial charge in [-0.2, -0.15) is 0 Å². The van der Waals surface area contributed by atoms with Gasteiger partial charge in [0.15, 0.2) is 0 Å². The molecule has 3 atom stereocenters. The first-order valence-corrected chi connectivity index (χ1v) is 6.57. The smallest absolute Gasteiger partial charge is 0.0588 e. The van der Waals surface area contributed by atoms with E-state index < -0.39 is 0 Å². The third kappa shape index (κ3) is 1.74.